The number of aromatic nitrogens is 2. The van der Waals surface area contributed by atoms with E-state index in [1.54, 1.807) is 18.2 Å². The lowest BCUT2D eigenvalue weighted by Crippen LogP contribution is -2.36. The summed E-state index contributed by atoms with van der Waals surface area (Å²) >= 11 is 0. The standard InChI is InChI=1S/C30H26F3N5O2/c31-30(32,33)27-17-26(38(36-27)24-12-4-7-20(15-24)18-34)29(40)35-23-11-5-10-22(16-23)28(21-8-2-1-3-9-21)37-14-6-13-25(37)19-39/h1-5,7-12,15-17,25,28,39H,6,13-14,19H2,(H,35,40). The first-order chi connectivity index (χ1) is 19.3. The van der Waals surface area contributed by atoms with Gasteiger partial charge in [0.25, 0.3) is 5.91 Å². The number of nitrogens with zero attached hydrogens (tertiary/aromatic N) is 4. The van der Waals surface area contributed by atoms with Gasteiger partial charge in [0, 0.05) is 17.8 Å². The lowest BCUT2D eigenvalue weighted by atomic mass is 9.96. The maximum absolute atomic E-state index is 13.6. The third-order valence-electron chi connectivity index (χ3n) is 6.99. The Bertz CT molecular complexity index is 1540. The van der Waals surface area contributed by atoms with Gasteiger partial charge in [0.05, 0.1) is 30.0 Å². The molecule has 0 saturated carbocycles. The highest BCUT2D eigenvalue weighted by Crippen LogP contribution is 2.36. The minimum absolute atomic E-state index is 0.0113. The van der Waals surface area contributed by atoms with Gasteiger partial charge >= 0.3 is 6.18 Å². The van der Waals surface area contributed by atoms with Crippen LogP contribution in [-0.2, 0) is 6.18 Å². The van der Waals surface area contributed by atoms with Crippen LogP contribution >= 0.6 is 0 Å². The number of nitriles is 1. The largest absolute Gasteiger partial charge is 0.435 e. The van der Waals surface area contributed by atoms with Gasteiger partial charge in [-0.3, -0.25) is 9.69 Å². The number of hydrogen-bond donors (Lipinski definition) is 2. The molecule has 1 amide bonds. The highest BCUT2D eigenvalue weighted by molar-refractivity contribution is 6.03. The van der Waals surface area contributed by atoms with Crippen LogP contribution in [0.4, 0.5) is 18.9 Å². The number of hydrogen-bond acceptors (Lipinski definition) is 5. The quantitative estimate of drug-likeness (QED) is 0.317. The molecule has 1 saturated heterocycles. The monoisotopic (exact) mass is 545 g/mol. The van der Waals surface area contributed by atoms with Gasteiger partial charge < -0.3 is 10.4 Å². The van der Waals surface area contributed by atoms with Crippen LogP contribution in [0.25, 0.3) is 5.69 Å². The van der Waals surface area contributed by atoms with E-state index in [2.05, 4.69) is 15.3 Å². The van der Waals surface area contributed by atoms with E-state index >= 15 is 0 Å². The molecule has 2 heterocycles. The van der Waals surface area contributed by atoms with Gasteiger partial charge in [0.1, 0.15) is 5.69 Å². The molecule has 2 N–H and O–H groups in total. The Hall–Kier alpha value is -4.46. The molecule has 3 aromatic carbocycles. The van der Waals surface area contributed by atoms with Crippen molar-refractivity contribution in [1.29, 1.82) is 5.26 Å². The summed E-state index contributed by atoms with van der Waals surface area (Å²) in [7, 11) is 0. The molecule has 2 unspecified atom stereocenters. The van der Waals surface area contributed by atoms with E-state index in [-0.39, 0.29) is 35.6 Å². The van der Waals surface area contributed by atoms with Crippen molar-refractivity contribution in [3.05, 3.63) is 113 Å². The summed E-state index contributed by atoms with van der Waals surface area (Å²) in [4.78, 5) is 15.6. The molecule has 5 rings (SSSR count). The van der Waals surface area contributed by atoms with Crippen molar-refractivity contribution in [2.45, 2.75) is 31.1 Å². The maximum Gasteiger partial charge on any atom is 0.435 e. The minimum Gasteiger partial charge on any atom is -0.395 e. The Morgan fingerprint density at radius 3 is 2.52 bits per heavy atom. The van der Waals surface area contributed by atoms with Gasteiger partial charge in [0.2, 0.25) is 0 Å². The van der Waals surface area contributed by atoms with Crippen molar-refractivity contribution in [3.8, 4) is 11.8 Å². The third kappa shape index (κ3) is 5.61. The molecular formula is C30H26F3N5O2. The molecule has 0 bridgehead atoms. The summed E-state index contributed by atoms with van der Waals surface area (Å²) in [5.74, 6) is -0.784. The Balaban J connectivity index is 1.50. The summed E-state index contributed by atoms with van der Waals surface area (Å²) in [5.41, 5.74) is 1.12. The molecule has 0 radical (unpaired) electrons. The number of benzene rings is 3. The Morgan fingerprint density at radius 1 is 1.05 bits per heavy atom. The van der Waals surface area contributed by atoms with E-state index in [4.69, 9.17) is 0 Å². The molecular weight excluding hydrogens is 519 g/mol. The van der Waals surface area contributed by atoms with Crippen molar-refractivity contribution < 1.29 is 23.1 Å². The van der Waals surface area contributed by atoms with E-state index in [1.807, 2.05) is 42.5 Å². The van der Waals surface area contributed by atoms with E-state index in [9.17, 15) is 28.3 Å². The number of nitrogens with one attached hydrogen (secondary N) is 1. The number of anilines is 1. The topological polar surface area (TPSA) is 94.2 Å². The number of halogens is 3. The second kappa shape index (κ2) is 11.3. The molecule has 1 aliphatic rings. The summed E-state index contributed by atoms with van der Waals surface area (Å²) in [6.07, 6.45) is -2.95. The molecule has 1 aromatic heterocycles. The lowest BCUT2D eigenvalue weighted by molar-refractivity contribution is -0.141. The normalized spacial score (nSPS) is 16.4. The predicted molar refractivity (Wildman–Crippen MR) is 143 cm³/mol. The molecule has 0 spiro atoms. The second-order valence-electron chi connectivity index (χ2n) is 9.60. The van der Waals surface area contributed by atoms with Crippen molar-refractivity contribution in [3.63, 3.8) is 0 Å². The number of aliphatic hydroxyl groups excluding tert-OH is 1. The molecule has 2 atom stereocenters. The zero-order valence-corrected chi connectivity index (χ0v) is 21.3. The Labute approximate surface area is 229 Å². The number of aliphatic hydroxyl groups is 1. The van der Waals surface area contributed by atoms with Gasteiger partial charge in [-0.1, -0.05) is 48.5 Å². The molecule has 40 heavy (non-hydrogen) atoms. The Morgan fingerprint density at radius 2 is 1.80 bits per heavy atom. The summed E-state index contributed by atoms with van der Waals surface area (Å²) in [6, 6.07) is 25.3. The molecule has 4 aromatic rings. The van der Waals surface area contributed by atoms with Gasteiger partial charge in [-0.05, 0) is 60.8 Å². The molecule has 7 nitrogen and oxygen atoms in total. The van der Waals surface area contributed by atoms with Crippen molar-refractivity contribution in [2.24, 2.45) is 0 Å². The summed E-state index contributed by atoms with van der Waals surface area (Å²) in [6.45, 7) is 0.820. The van der Waals surface area contributed by atoms with Gasteiger partial charge in [-0.25, -0.2) is 4.68 Å². The molecule has 10 heteroatoms. The molecule has 1 aliphatic heterocycles. The fourth-order valence-corrected chi connectivity index (χ4v) is 5.17. The number of rotatable bonds is 7. The number of alkyl halides is 3. The maximum atomic E-state index is 13.6. The van der Waals surface area contributed by atoms with E-state index in [0.717, 1.165) is 35.2 Å². The fourth-order valence-electron chi connectivity index (χ4n) is 5.17. The van der Waals surface area contributed by atoms with Crippen LogP contribution in [0.3, 0.4) is 0 Å². The lowest BCUT2D eigenvalue weighted by Gasteiger charge is -2.33. The van der Waals surface area contributed by atoms with Crippen LogP contribution in [0, 0.1) is 11.3 Å². The van der Waals surface area contributed by atoms with E-state index in [1.165, 1.54) is 24.3 Å². The van der Waals surface area contributed by atoms with Crippen molar-refractivity contribution >= 4 is 11.6 Å². The first-order valence-corrected chi connectivity index (χ1v) is 12.8. The second-order valence-corrected chi connectivity index (χ2v) is 9.60. The zero-order chi connectivity index (χ0) is 28.3. The number of carbonyl (C=O) groups is 1. The fraction of sp³-hybridized carbons (Fsp3) is 0.233. The average Bonchev–Trinajstić information content (AvgIpc) is 3.62. The van der Waals surface area contributed by atoms with E-state index in [0.29, 0.717) is 11.8 Å². The zero-order valence-electron chi connectivity index (χ0n) is 21.3. The van der Waals surface area contributed by atoms with Crippen LogP contribution in [0.2, 0.25) is 0 Å². The van der Waals surface area contributed by atoms with E-state index < -0.39 is 17.8 Å². The smallest absolute Gasteiger partial charge is 0.395 e. The van der Waals surface area contributed by atoms with Crippen LogP contribution in [-0.4, -0.2) is 44.9 Å². The Kier molecular flexibility index (Phi) is 7.69. The molecule has 1 fully saturated rings. The number of likely N-dealkylation sites (tertiary alicyclic amines) is 1. The number of amides is 1. The molecule has 204 valence electrons. The highest BCUT2D eigenvalue weighted by atomic mass is 19.4. The average molecular weight is 546 g/mol. The predicted octanol–water partition coefficient (Wildman–Crippen LogP) is 5.56. The van der Waals surface area contributed by atoms with Crippen molar-refractivity contribution in [2.75, 3.05) is 18.5 Å². The van der Waals surface area contributed by atoms with Crippen LogP contribution < -0.4 is 5.32 Å². The SMILES string of the molecule is N#Cc1cccc(-n2nc(C(F)(F)F)cc2C(=O)Nc2cccc(C(c3ccccc3)N3CCCC3CO)c2)c1. The first-order valence-electron chi connectivity index (χ1n) is 12.8. The first kappa shape index (κ1) is 27.1. The van der Waals surface area contributed by atoms with Gasteiger partial charge in [0.15, 0.2) is 5.69 Å². The minimum atomic E-state index is -4.77. The van der Waals surface area contributed by atoms with Crippen LogP contribution in [0.5, 0.6) is 0 Å². The molecule has 0 aliphatic carbocycles. The van der Waals surface area contributed by atoms with Gasteiger partial charge in [-0.2, -0.15) is 23.5 Å². The number of carbonyl (C=O) groups excluding carboxylic acids is 1. The van der Waals surface area contributed by atoms with Gasteiger partial charge in [-0.15, -0.1) is 0 Å². The highest BCUT2D eigenvalue weighted by Gasteiger charge is 2.36. The summed E-state index contributed by atoms with van der Waals surface area (Å²) < 4.78 is 41.6. The van der Waals surface area contributed by atoms with Crippen molar-refractivity contribution in [1.82, 2.24) is 14.7 Å². The van der Waals surface area contributed by atoms with Crippen LogP contribution in [0.1, 0.15) is 51.8 Å². The third-order valence-corrected chi connectivity index (χ3v) is 6.99. The van der Waals surface area contributed by atoms with Crippen LogP contribution in [0.15, 0.2) is 84.9 Å². The summed E-state index contributed by atoms with van der Waals surface area (Å²) in [5, 5.41) is 25.6.